The van der Waals surface area contributed by atoms with E-state index in [0.717, 1.165) is 23.1 Å². The summed E-state index contributed by atoms with van der Waals surface area (Å²) in [5.41, 5.74) is 8.89. The second-order valence-electron chi connectivity index (χ2n) is 9.85. The molecule has 2 aliphatic rings. The van der Waals surface area contributed by atoms with Crippen molar-refractivity contribution < 1.29 is 33.7 Å². The van der Waals surface area contributed by atoms with Crippen LogP contribution in [0, 0.1) is 11.3 Å². The van der Waals surface area contributed by atoms with Crippen molar-refractivity contribution in [2.75, 3.05) is 37.3 Å². The van der Waals surface area contributed by atoms with Crippen molar-refractivity contribution in [1.82, 2.24) is 10.2 Å². The van der Waals surface area contributed by atoms with E-state index in [9.17, 15) is 24.8 Å². The molecular weight excluding hydrogens is 620 g/mol. The number of rotatable bonds is 10. The van der Waals surface area contributed by atoms with Gasteiger partial charge in [-0.15, -0.1) is 10.2 Å². The number of aromatic nitrogens is 2. The molecule has 1 unspecified atom stereocenters. The first-order valence-electron chi connectivity index (χ1n) is 13.6. The van der Waals surface area contributed by atoms with Crippen LogP contribution in [0.2, 0.25) is 0 Å². The quantitative estimate of drug-likeness (QED) is 0.264. The van der Waals surface area contributed by atoms with Crippen LogP contribution in [0.4, 0.5) is 10.8 Å². The lowest BCUT2D eigenvalue weighted by Gasteiger charge is -2.38. The molecule has 0 radical (unpaired) electrons. The van der Waals surface area contributed by atoms with Crippen LogP contribution in [-0.4, -0.2) is 60.0 Å². The third-order valence-electron chi connectivity index (χ3n) is 7.24. The maximum absolute atomic E-state index is 13.5. The fraction of sp³-hybridized carbons (Fsp3) is 0.267. The lowest BCUT2D eigenvalue weighted by Crippen LogP contribution is -2.38. The number of methoxy groups -OCH3 is 3. The van der Waals surface area contributed by atoms with Gasteiger partial charge in [0.1, 0.15) is 5.82 Å². The van der Waals surface area contributed by atoms with Gasteiger partial charge in [0.2, 0.25) is 16.8 Å². The van der Waals surface area contributed by atoms with Crippen molar-refractivity contribution in [3.63, 3.8) is 0 Å². The van der Waals surface area contributed by atoms with E-state index < -0.39 is 11.9 Å². The first-order valence-corrected chi connectivity index (χ1v) is 15.4. The number of nitrogens with one attached hydrogen (secondary N) is 1. The summed E-state index contributed by atoms with van der Waals surface area (Å²) in [6.45, 7) is 0. The molecule has 45 heavy (non-hydrogen) atoms. The van der Waals surface area contributed by atoms with Crippen molar-refractivity contribution in [2.24, 2.45) is 5.73 Å². The zero-order chi connectivity index (χ0) is 32.2. The number of carboxylic acids is 1. The lowest BCUT2D eigenvalue weighted by molar-refractivity contribution is -0.116. The highest BCUT2D eigenvalue weighted by atomic mass is 32.2. The lowest BCUT2D eigenvalue weighted by atomic mass is 9.75. The molecule has 2 heterocycles. The number of thioether (sulfide) groups is 1. The van der Waals surface area contributed by atoms with Crippen LogP contribution < -0.4 is 30.2 Å². The number of benzene rings is 2. The number of nitriles is 1. The molecule has 5 rings (SSSR count). The van der Waals surface area contributed by atoms with Gasteiger partial charge in [-0.2, -0.15) is 5.26 Å². The molecule has 1 amide bonds. The molecule has 4 N–H and O–H groups in total. The van der Waals surface area contributed by atoms with Crippen LogP contribution in [0.3, 0.4) is 0 Å². The number of carboxylic acid groups (broad SMARTS) is 1. The topological polar surface area (TPSA) is 190 Å². The monoisotopic (exact) mass is 648 g/mol. The first kappa shape index (κ1) is 31.4. The van der Waals surface area contributed by atoms with E-state index in [1.165, 1.54) is 33.5 Å². The molecular formula is C30H28N6O7S2. The van der Waals surface area contributed by atoms with Crippen molar-refractivity contribution in [3.8, 4) is 23.3 Å². The number of anilines is 2. The van der Waals surface area contributed by atoms with Crippen LogP contribution in [0.15, 0.2) is 63.4 Å². The van der Waals surface area contributed by atoms with Gasteiger partial charge < -0.3 is 30.4 Å². The van der Waals surface area contributed by atoms with Gasteiger partial charge in [0.25, 0.3) is 0 Å². The molecule has 0 fully saturated rings. The van der Waals surface area contributed by atoms with Gasteiger partial charge in [-0.05, 0) is 48.7 Å². The Hall–Kier alpha value is -5.07. The van der Waals surface area contributed by atoms with Crippen molar-refractivity contribution in [2.45, 2.75) is 29.5 Å². The fourth-order valence-electron chi connectivity index (χ4n) is 5.31. The Kier molecular flexibility index (Phi) is 9.26. The molecule has 1 aliphatic carbocycles. The van der Waals surface area contributed by atoms with Crippen LogP contribution in [0.25, 0.3) is 0 Å². The largest absolute Gasteiger partial charge is 0.493 e. The Morgan fingerprint density at radius 1 is 1.16 bits per heavy atom. The Morgan fingerprint density at radius 3 is 2.53 bits per heavy atom. The molecule has 13 nitrogen and oxygen atoms in total. The highest BCUT2D eigenvalue weighted by molar-refractivity contribution is 8.01. The molecule has 1 atom stereocenters. The fourth-order valence-corrected chi connectivity index (χ4v) is 6.99. The van der Waals surface area contributed by atoms with E-state index in [0.29, 0.717) is 68.5 Å². The highest BCUT2D eigenvalue weighted by Gasteiger charge is 2.42. The number of nitrogens with zero attached hydrogens (tertiary/aromatic N) is 4. The summed E-state index contributed by atoms with van der Waals surface area (Å²) in [6.07, 6.45) is 1.42. The summed E-state index contributed by atoms with van der Waals surface area (Å²) < 4.78 is 17.0. The zero-order valence-electron chi connectivity index (χ0n) is 24.4. The molecule has 15 heteroatoms. The number of carbonyl (C=O) groups is 3. The number of ether oxygens (including phenoxy) is 3. The molecule has 1 aromatic heterocycles. The first-order chi connectivity index (χ1) is 21.7. The van der Waals surface area contributed by atoms with Gasteiger partial charge in [-0.3, -0.25) is 14.5 Å². The van der Waals surface area contributed by atoms with Crippen molar-refractivity contribution >= 4 is 51.6 Å². The van der Waals surface area contributed by atoms with E-state index in [4.69, 9.17) is 19.9 Å². The maximum Gasteiger partial charge on any atom is 0.335 e. The normalized spacial score (nSPS) is 16.2. The third kappa shape index (κ3) is 6.15. The molecule has 0 bridgehead atoms. The summed E-state index contributed by atoms with van der Waals surface area (Å²) in [5.74, 6) is -1.11. The predicted molar refractivity (Wildman–Crippen MR) is 167 cm³/mol. The summed E-state index contributed by atoms with van der Waals surface area (Å²) in [4.78, 5) is 38.9. The molecule has 1 aliphatic heterocycles. The van der Waals surface area contributed by atoms with Gasteiger partial charge in [-0.1, -0.05) is 29.2 Å². The minimum Gasteiger partial charge on any atom is -0.493 e. The van der Waals surface area contributed by atoms with E-state index in [1.807, 2.05) is 0 Å². The number of allylic oxidation sites excluding steroid dienone is 3. The zero-order valence-corrected chi connectivity index (χ0v) is 26.1. The predicted octanol–water partition coefficient (Wildman–Crippen LogP) is 4.30. The highest BCUT2D eigenvalue weighted by Crippen LogP contribution is 2.50. The van der Waals surface area contributed by atoms with Crippen LogP contribution in [0.1, 0.15) is 41.1 Å². The Morgan fingerprint density at radius 2 is 1.89 bits per heavy atom. The van der Waals surface area contributed by atoms with E-state index >= 15 is 0 Å². The van der Waals surface area contributed by atoms with Crippen LogP contribution in [-0.2, 0) is 9.59 Å². The summed E-state index contributed by atoms with van der Waals surface area (Å²) in [6, 6.07) is 11.6. The summed E-state index contributed by atoms with van der Waals surface area (Å²) >= 11 is 2.30. The smallest absolute Gasteiger partial charge is 0.335 e. The third-order valence-corrected chi connectivity index (χ3v) is 9.28. The molecule has 2 aromatic carbocycles. The average Bonchev–Trinajstić information content (AvgIpc) is 3.51. The van der Waals surface area contributed by atoms with Gasteiger partial charge in [0.05, 0.1) is 50.2 Å². The van der Waals surface area contributed by atoms with Crippen molar-refractivity contribution in [3.05, 3.63) is 70.2 Å². The van der Waals surface area contributed by atoms with Gasteiger partial charge in [-0.25, -0.2) is 4.79 Å². The number of Topliss-reactive ketones (excluding diaryl/α,β-unsaturated/α-hetero) is 1. The summed E-state index contributed by atoms with van der Waals surface area (Å²) in [7, 11) is 4.46. The minimum atomic E-state index is -1.10. The Balaban J connectivity index is 1.45. The summed E-state index contributed by atoms with van der Waals surface area (Å²) in [5, 5.41) is 31.1. The van der Waals surface area contributed by atoms with E-state index in [-0.39, 0.29) is 34.4 Å². The van der Waals surface area contributed by atoms with Crippen LogP contribution >= 0.6 is 23.1 Å². The number of nitrogens with two attached hydrogens (primary N) is 1. The number of hydrogen-bond acceptors (Lipinski definition) is 13. The number of hydrogen-bond donors (Lipinski definition) is 3. The SMILES string of the molecule is COc1cc(C2C(C#N)=C(N)N(c3nnc(SCC(=O)Nc4cccc(C(=O)O)c4)s3)C3=C2C(=O)CCC3)cc(OC)c1OC. The standard InChI is InChI=1S/C30H28N6O7S2/c1-41-21-11-16(12-22(42-2)26(21)43-3)24-18(13-31)27(32)36(19-8-5-9-20(37)25(19)24)29-34-35-30(45-29)44-14-23(38)33-17-7-4-6-15(10-17)28(39)40/h4,6-7,10-12,24H,5,8-9,14,32H2,1-3H3,(H,33,38)(H,39,40). The van der Waals surface area contributed by atoms with Gasteiger partial charge in [0, 0.05) is 23.4 Å². The Bertz CT molecular complexity index is 1770. The molecule has 232 valence electrons. The van der Waals surface area contributed by atoms with E-state index in [2.05, 4.69) is 21.6 Å². The number of carbonyl (C=O) groups excluding carboxylic acids is 2. The molecule has 3 aromatic rings. The average molecular weight is 649 g/mol. The minimum absolute atomic E-state index is 0.0175. The number of ketones is 1. The molecule has 0 spiro atoms. The number of amides is 1. The van der Waals surface area contributed by atoms with Crippen LogP contribution in [0.5, 0.6) is 17.2 Å². The molecule has 0 saturated heterocycles. The second kappa shape index (κ2) is 13.3. The van der Waals surface area contributed by atoms with E-state index in [1.54, 1.807) is 29.2 Å². The Labute approximate surface area is 266 Å². The van der Waals surface area contributed by atoms with Gasteiger partial charge >= 0.3 is 5.97 Å². The molecule has 0 saturated carbocycles. The second-order valence-corrected chi connectivity index (χ2v) is 12.0. The number of aromatic carboxylic acids is 1. The maximum atomic E-state index is 13.5. The van der Waals surface area contributed by atoms with Crippen molar-refractivity contribution in [1.29, 1.82) is 5.26 Å². The van der Waals surface area contributed by atoms with Gasteiger partial charge in [0.15, 0.2) is 21.6 Å².